The van der Waals surface area contributed by atoms with Crippen molar-refractivity contribution in [2.75, 3.05) is 19.6 Å². The zero-order chi connectivity index (χ0) is 91.6. The molecule has 0 unspecified atom stereocenters. The van der Waals surface area contributed by atoms with Crippen molar-refractivity contribution >= 4 is 199 Å². The van der Waals surface area contributed by atoms with Gasteiger partial charge in [-0.2, -0.15) is 0 Å². The van der Waals surface area contributed by atoms with Crippen molar-refractivity contribution in [1.29, 1.82) is 0 Å². The fourth-order valence-electron chi connectivity index (χ4n) is 19.9. The van der Waals surface area contributed by atoms with E-state index in [-0.39, 0.29) is 0 Å². The van der Waals surface area contributed by atoms with Crippen molar-refractivity contribution in [1.82, 2.24) is 0 Å². The lowest BCUT2D eigenvalue weighted by Crippen LogP contribution is -2.11. The first-order valence-corrected chi connectivity index (χ1v) is 46.8. The molecule has 652 valence electrons. The van der Waals surface area contributed by atoms with Crippen LogP contribution in [0.3, 0.4) is 0 Å². The molecule has 0 saturated heterocycles. The van der Waals surface area contributed by atoms with Crippen molar-refractivity contribution in [2.24, 2.45) is 0 Å². The Balaban J connectivity index is 0.000000100. The molecule has 0 spiro atoms. The van der Waals surface area contributed by atoms with Crippen LogP contribution in [0, 0.1) is 0 Å². The molecule has 8 heteroatoms. The number of hydrogen-bond donors (Lipinski definition) is 0. The number of hydrogen-bond acceptors (Lipinski definition) is 8. The molecular weight excluding hydrogens is 1680 g/mol. The molecule has 0 aliphatic carbocycles. The molecule has 0 amide bonds. The van der Waals surface area contributed by atoms with E-state index >= 15 is 0 Å². The van der Waals surface area contributed by atoms with Gasteiger partial charge >= 0.3 is 0 Å². The maximum atomic E-state index is 6.62. The Morgan fingerprint density at radius 2 is 0.355 bits per heavy atom. The molecule has 23 aromatic carbocycles. The first-order chi connectivity index (χ1) is 68.5. The molecule has 0 aliphatic rings. The lowest BCUT2D eigenvalue weighted by molar-refractivity contribution is 0.669. The monoisotopic (exact) mass is 1770 g/mol. The third-order valence-corrected chi connectivity index (χ3v) is 26.2. The van der Waals surface area contributed by atoms with Crippen LogP contribution < -0.4 is 19.6 Å². The van der Waals surface area contributed by atoms with E-state index in [0.717, 1.165) is 151 Å². The van der Waals surface area contributed by atoms with Crippen LogP contribution in [0.2, 0.25) is 0 Å². The van der Waals surface area contributed by atoms with E-state index < -0.39 is 0 Å². The molecule has 0 atom stereocenters. The molecule has 0 bridgehead atoms. The summed E-state index contributed by atoms with van der Waals surface area (Å²) in [5.41, 5.74) is 27.1. The second-order valence-corrected chi connectivity index (χ2v) is 34.4. The number of rotatable bonds is 15. The van der Waals surface area contributed by atoms with Gasteiger partial charge in [-0.05, 0) is 210 Å². The summed E-state index contributed by atoms with van der Waals surface area (Å²) in [4.78, 5) is 9.14. The third kappa shape index (κ3) is 15.5. The Morgan fingerprint density at radius 3 is 0.703 bits per heavy atom. The highest BCUT2D eigenvalue weighted by molar-refractivity contribution is 6.25. The Kier molecular flexibility index (Phi) is 21.9. The lowest BCUT2D eigenvalue weighted by atomic mass is 10.0. The molecule has 4 heterocycles. The third-order valence-electron chi connectivity index (χ3n) is 26.2. The quantitative estimate of drug-likeness (QED) is 0.101. The Hall–Kier alpha value is -18.5. The molecule has 27 rings (SSSR count). The van der Waals surface area contributed by atoms with Crippen molar-refractivity contribution in [3.05, 3.63) is 534 Å². The van der Waals surface area contributed by atoms with Crippen LogP contribution in [0.5, 0.6) is 0 Å². The Morgan fingerprint density at radius 1 is 0.130 bits per heavy atom. The van der Waals surface area contributed by atoms with Gasteiger partial charge < -0.3 is 37.3 Å². The highest BCUT2D eigenvalue weighted by Gasteiger charge is 2.27. The average Bonchev–Trinajstić information content (AvgIpc) is 1.59. The van der Waals surface area contributed by atoms with Crippen molar-refractivity contribution < 1.29 is 17.7 Å². The summed E-state index contributed by atoms with van der Waals surface area (Å²) in [6, 6.07) is 187. The lowest BCUT2D eigenvalue weighted by Gasteiger charge is -2.27. The molecule has 0 saturated carbocycles. The van der Waals surface area contributed by atoms with Crippen molar-refractivity contribution in [2.45, 2.75) is 0 Å². The minimum Gasteiger partial charge on any atom is -0.454 e. The summed E-state index contributed by atoms with van der Waals surface area (Å²) in [6.07, 6.45) is 0. The van der Waals surface area contributed by atoms with E-state index in [4.69, 9.17) is 17.7 Å². The van der Waals surface area contributed by atoms with Gasteiger partial charge in [0.2, 0.25) is 0 Å². The molecule has 138 heavy (non-hydrogen) atoms. The van der Waals surface area contributed by atoms with Gasteiger partial charge in [0, 0.05) is 88.5 Å². The molecule has 4 aromatic heterocycles. The molecule has 0 aliphatic heterocycles. The van der Waals surface area contributed by atoms with Crippen LogP contribution in [-0.4, -0.2) is 0 Å². The first-order valence-electron chi connectivity index (χ1n) is 46.8. The number of fused-ring (bicyclic) bond motifs is 20. The molecule has 0 N–H and O–H groups in total. The topological polar surface area (TPSA) is 65.5 Å². The van der Waals surface area contributed by atoms with Gasteiger partial charge in [-0.1, -0.05) is 394 Å². The standard InChI is InChI=1S/3C34H23NO.C28H19NO/c1-3-11-24(12-4-1)26-14-9-17-28(23-26)35(27-15-5-2-6-16-27)31-20-10-19-30-33-29-18-8-7-13-25(29)21-22-32(33)36-34(30)31;1-3-12-24(13-4-1)27-17-9-10-20-30(27)35(26-15-5-2-6-16-26)31-21-11-19-29-33-28-18-8-7-14-25(28)22-23-32(33)36-34(29)31;1-3-10-24(11-4-1)25-18-21-28(22-19-25)35(27-13-5-2-6-14-27)31-17-9-16-30-33-29-15-8-7-12-26(29)20-23-32(33)36-34(30)31;1-3-11-21(12-4-1)29(22-13-5-2-6-14-22)25-17-9-16-24-27-23-15-8-7-10-20(23)18-19-26(27)30-28(24)25/h3*1-23H;1-19H. The van der Waals surface area contributed by atoms with E-state index in [0.29, 0.717) is 0 Å². The van der Waals surface area contributed by atoms with Crippen molar-refractivity contribution in [3.8, 4) is 33.4 Å². The van der Waals surface area contributed by atoms with Crippen LogP contribution in [0.1, 0.15) is 0 Å². The van der Waals surface area contributed by atoms with Crippen LogP contribution in [0.15, 0.2) is 552 Å². The number of furan rings is 4. The van der Waals surface area contributed by atoms with Gasteiger partial charge in [0.25, 0.3) is 0 Å². The summed E-state index contributed by atoms with van der Waals surface area (Å²) in [5, 5.41) is 18.9. The smallest absolute Gasteiger partial charge is 0.159 e. The SMILES string of the molecule is c1ccc(-c2ccc(N(c3ccccc3)c3cccc4c3oc3ccc5ccccc5c34)cc2)cc1.c1ccc(-c2cccc(N(c3ccccc3)c3cccc4c3oc3ccc5ccccc5c34)c2)cc1.c1ccc(-c2ccccc2N(c2ccccc2)c2cccc3c2oc2ccc4ccccc4c23)cc1.c1ccc(N(c2ccccc2)c2cccc3c2oc2ccc4ccccc4c23)cc1. The molecule has 0 radical (unpaired) electrons. The fraction of sp³-hybridized carbons (Fsp3) is 0. The van der Waals surface area contributed by atoms with E-state index in [1.54, 1.807) is 0 Å². The minimum absolute atomic E-state index is 0.885. The molecule has 27 aromatic rings. The Labute approximate surface area is 798 Å². The summed E-state index contributed by atoms with van der Waals surface area (Å²) in [6.45, 7) is 0. The van der Waals surface area contributed by atoms with E-state index in [1.165, 1.54) is 81.9 Å². The maximum Gasteiger partial charge on any atom is 0.159 e. The molecular formula is C130H88N4O4. The largest absolute Gasteiger partial charge is 0.454 e. The first kappa shape index (κ1) is 82.6. The number of para-hydroxylation sites is 10. The number of nitrogens with zero attached hydrogens (tertiary/aromatic N) is 4. The molecule has 0 fully saturated rings. The van der Waals surface area contributed by atoms with E-state index in [2.05, 4.69) is 529 Å². The summed E-state index contributed by atoms with van der Waals surface area (Å²) < 4.78 is 26.2. The second-order valence-electron chi connectivity index (χ2n) is 34.4. The maximum absolute atomic E-state index is 6.62. The van der Waals surface area contributed by atoms with Crippen LogP contribution in [0.25, 0.3) is 164 Å². The van der Waals surface area contributed by atoms with Gasteiger partial charge in [-0.3, -0.25) is 0 Å². The average molecular weight is 1770 g/mol. The highest BCUT2D eigenvalue weighted by atomic mass is 16.3. The highest BCUT2D eigenvalue weighted by Crippen LogP contribution is 2.51. The fourth-order valence-corrected chi connectivity index (χ4v) is 19.9. The second kappa shape index (κ2) is 36.6. The summed E-state index contributed by atoms with van der Waals surface area (Å²) in [7, 11) is 0. The van der Waals surface area contributed by atoms with E-state index in [9.17, 15) is 0 Å². The predicted molar refractivity (Wildman–Crippen MR) is 580 cm³/mol. The van der Waals surface area contributed by atoms with Gasteiger partial charge in [0.15, 0.2) is 22.3 Å². The normalized spacial score (nSPS) is 11.3. The minimum atomic E-state index is 0.885. The molecule has 8 nitrogen and oxygen atoms in total. The van der Waals surface area contributed by atoms with Gasteiger partial charge in [0.05, 0.1) is 28.4 Å². The summed E-state index contributed by atoms with van der Waals surface area (Å²) in [5.74, 6) is 0. The van der Waals surface area contributed by atoms with Gasteiger partial charge in [-0.15, -0.1) is 0 Å². The van der Waals surface area contributed by atoms with Crippen molar-refractivity contribution in [3.63, 3.8) is 0 Å². The summed E-state index contributed by atoms with van der Waals surface area (Å²) >= 11 is 0. The Bertz CT molecular complexity index is 9050. The van der Waals surface area contributed by atoms with Crippen LogP contribution in [0.4, 0.5) is 68.2 Å². The number of benzene rings is 23. The van der Waals surface area contributed by atoms with E-state index in [1.807, 2.05) is 24.3 Å². The van der Waals surface area contributed by atoms with Crippen LogP contribution >= 0.6 is 0 Å². The van der Waals surface area contributed by atoms with Gasteiger partial charge in [-0.25, -0.2) is 0 Å². The zero-order valence-electron chi connectivity index (χ0n) is 75.2. The van der Waals surface area contributed by atoms with Crippen LogP contribution in [-0.2, 0) is 0 Å². The van der Waals surface area contributed by atoms with Gasteiger partial charge in [0.1, 0.15) is 22.3 Å². The number of anilines is 12. The zero-order valence-corrected chi connectivity index (χ0v) is 75.2. The predicted octanol–water partition coefficient (Wildman–Crippen LogP) is 37.8.